The van der Waals surface area contributed by atoms with Crippen LogP contribution in [0.1, 0.15) is 11.1 Å². The summed E-state index contributed by atoms with van der Waals surface area (Å²) in [5.74, 6) is 5.47. The van der Waals surface area contributed by atoms with Crippen LogP contribution >= 0.6 is 0 Å². The van der Waals surface area contributed by atoms with Gasteiger partial charge in [-0.25, -0.2) is 4.79 Å². The molecule has 146 valence electrons. The molecule has 3 rings (SSSR count). The van der Waals surface area contributed by atoms with Gasteiger partial charge in [-0.3, -0.25) is 19.8 Å². The molecule has 8 nitrogen and oxygen atoms in total. The Morgan fingerprint density at radius 3 is 2.55 bits per heavy atom. The number of carbonyl (C=O) groups excluding carboxylic acids is 2. The first-order valence-corrected chi connectivity index (χ1v) is 8.76. The highest BCUT2D eigenvalue weighted by Crippen LogP contribution is 2.18. The van der Waals surface area contributed by atoms with Crippen LogP contribution in [0.2, 0.25) is 0 Å². The van der Waals surface area contributed by atoms with Crippen LogP contribution in [-0.4, -0.2) is 36.6 Å². The molecule has 2 aromatic rings. The Morgan fingerprint density at radius 1 is 1.21 bits per heavy atom. The lowest BCUT2D eigenvalue weighted by Gasteiger charge is -2.11. The lowest BCUT2D eigenvalue weighted by Crippen LogP contribution is -2.23. The molecule has 0 saturated carbocycles. The number of benzene rings is 2. The third-order valence-electron chi connectivity index (χ3n) is 4.05. The van der Waals surface area contributed by atoms with E-state index in [1.54, 1.807) is 47.4 Å². The number of rotatable bonds is 5. The van der Waals surface area contributed by atoms with E-state index in [0.29, 0.717) is 18.7 Å². The molecule has 29 heavy (non-hydrogen) atoms. The van der Waals surface area contributed by atoms with Crippen molar-refractivity contribution in [2.24, 2.45) is 0 Å². The van der Waals surface area contributed by atoms with Crippen LogP contribution in [0.25, 0.3) is 6.08 Å². The summed E-state index contributed by atoms with van der Waals surface area (Å²) in [5.41, 5.74) is 2.19. The summed E-state index contributed by atoms with van der Waals surface area (Å²) in [6, 6.07) is 13.1. The number of nitrogens with zero attached hydrogens (tertiary/aromatic N) is 2. The van der Waals surface area contributed by atoms with Crippen LogP contribution in [0.3, 0.4) is 0 Å². The van der Waals surface area contributed by atoms with E-state index < -0.39 is 4.92 Å². The Balaban J connectivity index is 1.47. The largest absolute Gasteiger partial charge is 0.447 e. The van der Waals surface area contributed by atoms with Crippen LogP contribution in [0.5, 0.6) is 0 Å². The molecular formula is C21H17N3O5. The Morgan fingerprint density at radius 2 is 1.93 bits per heavy atom. The first-order valence-electron chi connectivity index (χ1n) is 8.76. The van der Waals surface area contributed by atoms with Crippen molar-refractivity contribution in [1.29, 1.82) is 0 Å². The number of nitrogens with one attached hydrogen (secondary N) is 1. The molecule has 1 heterocycles. The van der Waals surface area contributed by atoms with Gasteiger partial charge in [0.05, 0.1) is 18.0 Å². The van der Waals surface area contributed by atoms with Gasteiger partial charge in [-0.05, 0) is 48.0 Å². The summed E-state index contributed by atoms with van der Waals surface area (Å²) in [6.07, 6.45) is 2.55. The Kier molecular flexibility index (Phi) is 6.22. The third kappa shape index (κ3) is 5.43. The lowest BCUT2D eigenvalue weighted by molar-refractivity contribution is -0.384. The summed E-state index contributed by atoms with van der Waals surface area (Å²) in [6.45, 7) is 1.09. The van der Waals surface area contributed by atoms with Gasteiger partial charge in [0.2, 0.25) is 5.91 Å². The van der Waals surface area contributed by atoms with Crippen molar-refractivity contribution in [1.82, 2.24) is 5.32 Å². The second-order valence-corrected chi connectivity index (χ2v) is 6.01. The van der Waals surface area contributed by atoms with Gasteiger partial charge >= 0.3 is 6.09 Å². The molecule has 0 atom stereocenters. The van der Waals surface area contributed by atoms with Gasteiger partial charge in [0.1, 0.15) is 6.61 Å². The molecule has 1 aliphatic rings. The first-order chi connectivity index (χ1) is 14.0. The van der Waals surface area contributed by atoms with Crippen LogP contribution in [-0.2, 0) is 9.53 Å². The van der Waals surface area contributed by atoms with Gasteiger partial charge in [0, 0.05) is 29.5 Å². The van der Waals surface area contributed by atoms with E-state index in [2.05, 4.69) is 17.2 Å². The second-order valence-electron chi connectivity index (χ2n) is 6.01. The zero-order chi connectivity index (χ0) is 20.6. The van der Waals surface area contributed by atoms with E-state index in [1.807, 2.05) is 0 Å². The number of nitro groups is 1. The molecular weight excluding hydrogens is 374 g/mol. The number of anilines is 1. The molecule has 1 aliphatic heterocycles. The van der Waals surface area contributed by atoms with Gasteiger partial charge in [0.15, 0.2) is 0 Å². The number of ether oxygens (including phenoxy) is 1. The fraction of sp³-hybridized carbons (Fsp3) is 0.143. The van der Waals surface area contributed by atoms with E-state index in [1.165, 1.54) is 18.2 Å². The monoisotopic (exact) mass is 391 g/mol. The molecule has 1 N–H and O–H groups in total. The average molecular weight is 391 g/mol. The molecule has 2 aromatic carbocycles. The number of cyclic esters (lactones) is 1. The lowest BCUT2D eigenvalue weighted by atomic mass is 10.2. The molecule has 8 heteroatoms. The van der Waals surface area contributed by atoms with Crippen LogP contribution in [0, 0.1) is 22.0 Å². The highest BCUT2D eigenvalue weighted by atomic mass is 16.6. The van der Waals surface area contributed by atoms with Crippen molar-refractivity contribution in [3.05, 3.63) is 75.8 Å². The Labute approximate surface area is 166 Å². The van der Waals surface area contributed by atoms with Crippen LogP contribution in [0.15, 0.2) is 54.6 Å². The molecule has 0 bridgehead atoms. The number of amides is 2. The minimum absolute atomic E-state index is 0.00438. The zero-order valence-corrected chi connectivity index (χ0v) is 15.3. The van der Waals surface area contributed by atoms with Crippen LogP contribution in [0.4, 0.5) is 16.2 Å². The Hall–Kier alpha value is -4.12. The molecule has 0 aliphatic carbocycles. The summed E-state index contributed by atoms with van der Waals surface area (Å²) in [4.78, 5) is 35.0. The quantitative estimate of drug-likeness (QED) is 0.365. The van der Waals surface area contributed by atoms with Crippen molar-refractivity contribution < 1.29 is 19.2 Å². The predicted octanol–water partition coefficient (Wildman–Crippen LogP) is 2.73. The minimum atomic E-state index is -0.479. The smallest absolute Gasteiger partial charge is 0.414 e. The number of hydrogen-bond acceptors (Lipinski definition) is 5. The molecule has 0 radical (unpaired) electrons. The van der Waals surface area contributed by atoms with Gasteiger partial charge in [0.25, 0.3) is 5.69 Å². The topological polar surface area (TPSA) is 102 Å². The summed E-state index contributed by atoms with van der Waals surface area (Å²) in [7, 11) is 0. The fourth-order valence-electron chi connectivity index (χ4n) is 2.57. The van der Waals surface area contributed by atoms with Gasteiger partial charge in [-0.15, -0.1) is 0 Å². The maximum absolute atomic E-state index is 11.8. The van der Waals surface area contributed by atoms with Crippen LogP contribution < -0.4 is 10.2 Å². The summed E-state index contributed by atoms with van der Waals surface area (Å²) >= 11 is 0. The number of nitro benzene ring substituents is 1. The van der Waals surface area contributed by atoms with Crippen molar-refractivity contribution >= 4 is 29.5 Å². The standard InChI is InChI=1S/C21H17N3O5/c25-20(12-7-17-5-10-19(11-6-17)24(27)28)22-13-1-2-16-3-8-18(9-4-16)23-14-15-29-21(23)26/h3-12H,13-15H2,(H,22,25)/b12-7+. The highest BCUT2D eigenvalue weighted by Gasteiger charge is 2.23. The molecule has 1 fully saturated rings. The molecule has 2 amide bonds. The SMILES string of the molecule is O=C(/C=C/c1ccc([N+](=O)[O-])cc1)NCC#Cc1ccc(N2CCOC2=O)cc1. The highest BCUT2D eigenvalue weighted by molar-refractivity contribution is 5.92. The second kappa shape index (κ2) is 9.19. The normalized spacial score (nSPS) is 13.0. The molecule has 0 spiro atoms. The fourth-order valence-corrected chi connectivity index (χ4v) is 2.57. The van der Waals surface area contributed by atoms with Crippen molar-refractivity contribution in [2.75, 3.05) is 24.6 Å². The van der Waals surface area contributed by atoms with E-state index in [9.17, 15) is 19.7 Å². The van der Waals surface area contributed by atoms with Crippen molar-refractivity contribution in [2.45, 2.75) is 0 Å². The minimum Gasteiger partial charge on any atom is -0.447 e. The van der Waals surface area contributed by atoms with E-state index in [4.69, 9.17) is 4.74 Å². The van der Waals surface area contributed by atoms with E-state index >= 15 is 0 Å². The number of hydrogen-bond donors (Lipinski definition) is 1. The van der Waals surface area contributed by atoms with Gasteiger partial charge in [-0.1, -0.05) is 11.8 Å². The van der Waals surface area contributed by atoms with Crippen molar-refractivity contribution in [3.8, 4) is 11.8 Å². The number of non-ortho nitro benzene ring substituents is 1. The van der Waals surface area contributed by atoms with Crippen molar-refractivity contribution in [3.63, 3.8) is 0 Å². The third-order valence-corrected chi connectivity index (χ3v) is 4.05. The molecule has 0 unspecified atom stereocenters. The predicted molar refractivity (Wildman–Crippen MR) is 107 cm³/mol. The molecule has 0 aromatic heterocycles. The van der Waals surface area contributed by atoms with E-state index in [0.717, 1.165) is 11.3 Å². The summed E-state index contributed by atoms with van der Waals surface area (Å²) in [5, 5.41) is 13.2. The van der Waals surface area contributed by atoms with E-state index in [-0.39, 0.29) is 24.2 Å². The Bertz CT molecular complexity index is 1000. The number of carbonyl (C=O) groups is 2. The maximum atomic E-state index is 11.8. The zero-order valence-electron chi connectivity index (χ0n) is 15.3. The van der Waals surface area contributed by atoms with Gasteiger partial charge in [-0.2, -0.15) is 0 Å². The first kappa shape index (κ1) is 19.6. The maximum Gasteiger partial charge on any atom is 0.414 e. The average Bonchev–Trinajstić information content (AvgIpc) is 3.16. The van der Waals surface area contributed by atoms with Gasteiger partial charge < -0.3 is 10.1 Å². The summed E-state index contributed by atoms with van der Waals surface area (Å²) < 4.78 is 4.90. The molecule has 1 saturated heterocycles.